The van der Waals surface area contributed by atoms with E-state index in [1.807, 2.05) is 39.0 Å². The van der Waals surface area contributed by atoms with E-state index in [0.717, 1.165) is 16.3 Å². The Morgan fingerprint density at radius 3 is 2.88 bits per heavy atom. The van der Waals surface area contributed by atoms with E-state index in [-0.39, 0.29) is 18.6 Å². The summed E-state index contributed by atoms with van der Waals surface area (Å²) in [6.45, 7) is 6.65. The quantitative estimate of drug-likeness (QED) is 0.868. The zero-order valence-electron chi connectivity index (χ0n) is 14.0. The van der Waals surface area contributed by atoms with Crippen molar-refractivity contribution in [3.63, 3.8) is 0 Å². The molecule has 24 heavy (non-hydrogen) atoms. The molecule has 128 valence electrons. The number of carbonyl (C=O) groups excluding carboxylic acids is 1. The number of hydrogen-bond acceptors (Lipinski definition) is 6. The molecule has 1 aromatic heterocycles. The smallest absolute Gasteiger partial charge is 0.263 e. The van der Waals surface area contributed by atoms with E-state index < -0.39 is 5.54 Å². The number of nitrogens with two attached hydrogens (primary N) is 1. The van der Waals surface area contributed by atoms with Gasteiger partial charge in [-0.3, -0.25) is 4.79 Å². The van der Waals surface area contributed by atoms with Crippen molar-refractivity contribution in [2.75, 3.05) is 13.3 Å². The topological polar surface area (TPSA) is 86.5 Å². The molecule has 0 saturated heterocycles. The molecule has 0 spiro atoms. The highest BCUT2D eigenvalue weighted by Crippen LogP contribution is 2.37. The summed E-state index contributed by atoms with van der Waals surface area (Å²) in [5, 5.41) is 3.79. The molecule has 1 amide bonds. The second-order valence-electron chi connectivity index (χ2n) is 6.33. The summed E-state index contributed by atoms with van der Waals surface area (Å²) in [6.07, 6.45) is 1.59. The van der Waals surface area contributed by atoms with Gasteiger partial charge in [-0.05, 0) is 31.0 Å². The molecule has 0 fully saturated rings. The number of aromatic nitrogens is 1. The van der Waals surface area contributed by atoms with Crippen molar-refractivity contribution in [2.24, 2.45) is 11.7 Å². The molecule has 0 radical (unpaired) electrons. The predicted octanol–water partition coefficient (Wildman–Crippen LogP) is 2.64. The summed E-state index contributed by atoms with van der Waals surface area (Å²) in [6, 6.07) is 5.64. The van der Waals surface area contributed by atoms with Gasteiger partial charge in [0.05, 0.1) is 11.7 Å². The van der Waals surface area contributed by atoms with Gasteiger partial charge in [0.15, 0.2) is 11.5 Å². The summed E-state index contributed by atoms with van der Waals surface area (Å²) in [7, 11) is 0. The Balaban J connectivity index is 1.79. The third-order valence-corrected chi connectivity index (χ3v) is 5.49. The van der Waals surface area contributed by atoms with Crippen LogP contribution in [-0.4, -0.2) is 29.8 Å². The molecule has 1 aromatic carbocycles. The van der Waals surface area contributed by atoms with E-state index in [0.29, 0.717) is 17.2 Å². The van der Waals surface area contributed by atoms with Crippen molar-refractivity contribution in [1.82, 2.24) is 10.3 Å². The van der Waals surface area contributed by atoms with Crippen LogP contribution in [0, 0.1) is 5.92 Å². The third kappa shape index (κ3) is 3.09. The molecule has 7 heteroatoms. The molecule has 0 saturated carbocycles. The first-order valence-electron chi connectivity index (χ1n) is 7.81. The molecular formula is C17H21N3O3S. The fourth-order valence-corrected chi connectivity index (χ4v) is 3.10. The van der Waals surface area contributed by atoms with E-state index in [2.05, 4.69) is 10.3 Å². The fraction of sp³-hybridized carbons (Fsp3) is 0.412. The first kappa shape index (κ1) is 16.7. The van der Waals surface area contributed by atoms with Gasteiger partial charge in [-0.15, -0.1) is 11.3 Å². The third-order valence-electron chi connectivity index (χ3n) is 4.45. The molecule has 3 N–H and O–H groups in total. The SMILES string of the molecule is CC(C)C(C)(CN)NC(=O)c1cnc(-c2ccc3c(c2)OCO3)s1. The van der Waals surface area contributed by atoms with Crippen LogP contribution in [0.4, 0.5) is 0 Å². The molecule has 3 rings (SSSR count). The van der Waals surface area contributed by atoms with E-state index in [1.54, 1.807) is 6.20 Å². The minimum atomic E-state index is -0.444. The highest BCUT2D eigenvalue weighted by Gasteiger charge is 2.29. The van der Waals surface area contributed by atoms with Crippen LogP contribution in [0.2, 0.25) is 0 Å². The van der Waals surface area contributed by atoms with E-state index in [4.69, 9.17) is 15.2 Å². The van der Waals surface area contributed by atoms with E-state index in [1.165, 1.54) is 11.3 Å². The van der Waals surface area contributed by atoms with Crippen LogP contribution in [0.5, 0.6) is 11.5 Å². The molecule has 2 aromatic rings. The number of amides is 1. The van der Waals surface area contributed by atoms with Crippen LogP contribution in [0.25, 0.3) is 10.6 Å². The molecule has 2 heterocycles. The van der Waals surface area contributed by atoms with Gasteiger partial charge < -0.3 is 20.5 Å². The Bertz CT molecular complexity index is 759. The Labute approximate surface area is 145 Å². The van der Waals surface area contributed by atoms with Crippen molar-refractivity contribution in [1.29, 1.82) is 0 Å². The molecule has 1 aliphatic rings. The maximum Gasteiger partial charge on any atom is 0.263 e. The van der Waals surface area contributed by atoms with Crippen LogP contribution in [-0.2, 0) is 0 Å². The van der Waals surface area contributed by atoms with Gasteiger partial charge in [0.2, 0.25) is 6.79 Å². The van der Waals surface area contributed by atoms with Crippen LogP contribution < -0.4 is 20.5 Å². The summed E-state index contributed by atoms with van der Waals surface area (Å²) in [5.74, 6) is 1.50. The number of fused-ring (bicyclic) bond motifs is 1. The predicted molar refractivity (Wildman–Crippen MR) is 93.4 cm³/mol. The maximum atomic E-state index is 12.5. The first-order chi connectivity index (χ1) is 11.4. The highest BCUT2D eigenvalue weighted by atomic mass is 32.1. The Morgan fingerprint density at radius 1 is 1.42 bits per heavy atom. The van der Waals surface area contributed by atoms with Gasteiger partial charge in [-0.25, -0.2) is 4.98 Å². The second kappa shape index (κ2) is 6.41. The summed E-state index contributed by atoms with van der Waals surface area (Å²) in [4.78, 5) is 17.4. The van der Waals surface area contributed by atoms with Crippen LogP contribution in [0.3, 0.4) is 0 Å². The lowest BCUT2D eigenvalue weighted by Gasteiger charge is -2.33. The monoisotopic (exact) mass is 347 g/mol. The van der Waals surface area contributed by atoms with Crippen molar-refractivity contribution < 1.29 is 14.3 Å². The lowest BCUT2D eigenvalue weighted by molar-refractivity contribution is 0.0887. The Hall–Kier alpha value is -2.12. The molecule has 1 atom stereocenters. The number of thiazole rings is 1. The molecule has 6 nitrogen and oxygen atoms in total. The fourth-order valence-electron chi connectivity index (χ4n) is 2.29. The average Bonchev–Trinajstić information content (AvgIpc) is 3.22. The maximum absolute atomic E-state index is 12.5. The zero-order valence-corrected chi connectivity index (χ0v) is 14.8. The van der Waals surface area contributed by atoms with Crippen LogP contribution in [0.15, 0.2) is 24.4 Å². The summed E-state index contributed by atoms with van der Waals surface area (Å²) < 4.78 is 10.7. The van der Waals surface area contributed by atoms with Gasteiger partial charge in [-0.1, -0.05) is 13.8 Å². The van der Waals surface area contributed by atoms with Crippen molar-refractivity contribution >= 4 is 17.2 Å². The van der Waals surface area contributed by atoms with Crippen molar-refractivity contribution in [2.45, 2.75) is 26.3 Å². The largest absolute Gasteiger partial charge is 0.454 e. The first-order valence-corrected chi connectivity index (χ1v) is 8.63. The standard InChI is InChI=1S/C17H21N3O3S/c1-10(2)17(3,8-18)20-15(21)14-7-19-16(24-14)11-4-5-12-13(6-11)23-9-22-12/h4-7,10H,8-9,18H2,1-3H3,(H,20,21). The number of ether oxygens (including phenoxy) is 2. The zero-order chi connectivity index (χ0) is 17.3. The van der Waals surface area contributed by atoms with Gasteiger partial charge in [0, 0.05) is 12.1 Å². The van der Waals surface area contributed by atoms with Gasteiger partial charge in [-0.2, -0.15) is 0 Å². The lowest BCUT2D eigenvalue weighted by atomic mass is 9.88. The molecule has 0 bridgehead atoms. The lowest BCUT2D eigenvalue weighted by Crippen LogP contribution is -2.54. The van der Waals surface area contributed by atoms with Gasteiger partial charge in [0.1, 0.15) is 9.88 Å². The van der Waals surface area contributed by atoms with Crippen LogP contribution in [0.1, 0.15) is 30.4 Å². The van der Waals surface area contributed by atoms with Crippen LogP contribution >= 0.6 is 11.3 Å². The average molecular weight is 347 g/mol. The summed E-state index contributed by atoms with van der Waals surface area (Å²) in [5.41, 5.74) is 6.28. The van der Waals surface area contributed by atoms with E-state index in [9.17, 15) is 4.79 Å². The van der Waals surface area contributed by atoms with Crippen molar-refractivity contribution in [3.8, 4) is 22.1 Å². The Kier molecular flexibility index (Phi) is 4.47. The second-order valence-corrected chi connectivity index (χ2v) is 7.36. The minimum Gasteiger partial charge on any atom is -0.454 e. The normalized spacial score (nSPS) is 15.4. The van der Waals surface area contributed by atoms with Crippen molar-refractivity contribution in [3.05, 3.63) is 29.3 Å². The molecule has 1 unspecified atom stereocenters. The number of nitrogens with zero attached hydrogens (tertiary/aromatic N) is 1. The number of carbonyl (C=O) groups is 1. The highest BCUT2D eigenvalue weighted by molar-refractivity contribution is 7.16. The summed E-state index contributed by atoms with van der Waals surface area (Å²) >= 11 is 1.34. The van der Waals surface area contributed by atoms with E-state index >= 15 is 0 Å². The molecular weight excluding hydrogens is 326 g/mol. The number of benzene rings is 1. The van der Waals surface area contributed by atoms with Gasteiger partial charge in [0.25, 0.3) is 5.91 Å². The number of nitrogens with one attached hydrogen (secondary N) is 1. The number of rotatable bonds is 5. The number of hydrogen-bond donors (Lipinski definition) is 2. The van der Waals surface area contributed by atoms with Gasteiger partial charge >= 0.3 is 0 Å². The molecule has 1 aliphatic heterocycles. The molecule has 0 aliphatic carbocycles. The minimum absolute atomic E-state index is 0.152. The Morgan fingerprint density at radius 2 is 2.17 bits per heavy atom.